The van der Waals surface area contributed by atoms with Crippen molar-refractivity contribution in [3.05, 3.63) is 10.1 Å². The molecule has 0 radical (unpaired) electrons. The topological polar surface area (TPSA) is 107 Å². The molecule has 0 rings (SSSR count). The first kappa shape index (κ1) is 14.1. The second-order valence-corrected chi connectivity index (χ2v) is 5.69. The van der Waals surface area contributed by atoms with Crippen LogP contribution in [0.4, 0.5) is 0 Å². The molecule has 8 heteroatoms. The van der Waals surface area contributed by atoms with Crippen LogP contribution in [-0.4, -0.2) is 28.9 Å². The molecule has 1 N–H and O–H groups in total. The highest BCUT2D eigenvalue weighted by atomic mass is 32.2. The molecule has 15 heavy (non-hydrogen) atoms. The molecule has 0 fully saturated rings. The molecule has 0 amide bonds. The van der Waals surface area contributed by atoms with Crippen LogP contribution in [0.15, 0.2) is 0 Å². The monoisotopic (exact) mass is 241 g/mol. The highest BCUT2D eigenvalue weighted by molar-refractivity contribution is 7.87. The van der Waals surface area contributed by atoms with E-state index in [0.29, 0.717) is 6.42 Å². The van der Waals surface area contributed by atoms with Gasteiger partial charge in [-0.3, -0.25) is 4.55 Å². The van der Waals surface area contributed by atoms with Crippen molar-refractivity contribution >= 4 is 10.1 Å². The number of hydrogen-bond donors (Lipinski definition) is 1. The summed E-state index contributed by atoms with van der Waals surface area (Å²) in [5, 5.41) is 9.12. The van der Waals surface area contributed by atoms with Gasteiger partial charge in [0.2, 0.25) is 0 Å². The Kier molecular flexibility index (Phi) is 4.47. The van der Waals surface area contributed by atoms with Crippen LogP contribution in [0.2, 0.25) is 0 Å². The maximum atomic E-state index is 11.0. The smallest absolute Gasteiger partial charge is 0.294 e. The molecule has 1 atom stereocenters. The highest BCUT2D eigenvalue weighted by Gasteiger charge is 2.42. The minimum absolute atomic E-state index is 0.174. The summed E-state index contributed by atoms with van der Waals surface area (Å²) in [6.07, 6.45) is -0.488. The molecule has 0 aliphatic carbocycles. The Balaban J connectivity index is 4.98. The number of rotatable bonds is 6. The van der Waals surface area contributed by atoms with Crippen LogP contribution in [0, 0.1) is 10.1 Å². The van der Waals surface area contributed by atoms with E-state index in [9.17, 15) is 18.5 Å². The van der Waals surface area contributed by atoms with E-state index in [-0.39, 0.29) is 6.42 Å². The first-order valence-corrected chi connectivity index (χ1v) is 5.85. The van der Waals surface area contributed by atoms with Gasteiger partial charge in [-0.1, -0.05) is 13.3 Å². The zero-order valence-corrected chi connectivity index (χ0v) is 9.65. The summed E-state index contributed by atoms with van der Waals surface area (Å²) in [4.78, 5) is 14.4. The Hall–Kier alpha value is -0.890. The van der Waals surface area contributed by atoms with Gasteiger partial charge in [0.15, 0.2) is 0 Å². The van der Waals surface area contributed by atoms with Gasteiger partial charge in [-0.05, 0) is 20.3 Å². The van der Waals surface area contributed by atoms with Crippen molar-refractivity contribution in [1.82, 2.24) is 0 Å². The van der Waals surface area contributed by atoms with E-state index in [1.54, 1.807) is 6.92 Å². The summed E-state index contributed by atoms with van der Waals surface area (Å²) in [5.74, 6) is 0. The fourth-order valence-corrected chi connectivity index (χ4v) is 1.55. The van der Waals surface area contributed by atoms with E-state index in [1.165, 1.54) is 13.8 Å². The Bertz CT molecular complexity index is 322. The van der Waals surface area contributed by atoms with E-state index in [2.05, 4.69) is 4.84 Å². The largest absolute Gasteiger partial charge is 0.309 e. The fourth-order valence-electron chi connectivity index (χ4n) is 1.06. The lowest BCUT2D eigenvalue weighted by Gasteiger charge is -2.28. The molecule has 0 heterocycles. The summed E-state index contributed by atoms with van der Waals surface area (Å²) in [6, 6.07) is 0. The summed E-state index contributed by atoms with van der Waals surface area (Å²) < 4.78 is 29.2. The third-order valence-electron chi connectivity index (χ3n) is 2.20. The van der Waals surface area contributed by atoms with Gasteiger partial charge in [0.1, 0.15) is 10.9 Å². The molecule has 0 aromatic rings. The summed E-state index contributed by atoms with van der Waals surface area (Å²) in [6.45, 7) is 4.11. The van der Waals surface area contributed by atoms with E-state index in [4.69, 9.17) is 4.55 Å². The predicted molar refractivity (Wildman–Crippen MR) is 52.4 cm³/mol. The van der Waals surface area contributed by atoms with E-state index >= 15 is 0 Å². The zero-order valence-electron chi connectivity index (χ0n) is 8.84. The van der Waals surface area contributed by atoms with Crippen LogP contribution in [0.25, 0.3) is 0 Å². The van der Waals surface area contributed by atoms with Gasteiger partial charge in [0, 0.05) is 0 Å². The lowest BCUT2D eigenvalue weighted by molar-refractivity contribution is -0.769. The van der Waals surface area contributed by atoms with Crippen molar-refractivity contribution in [2.24, 2.45) is 0 Å². The number of nitrogens with zero attached hydrogens (tertiary/aromatic N) is 1. The van der Waals surface area contributed by atoms with Crippen LogP contribution in [0.1, 0.15) is 33.6 Å². The van der Waals surface area contributed by atoms with E-state index in [1.807, 2.05) is 0 Å². The summed E-state index contributed by atoms with van der Waals surface area (Å²) >= 11 is 0. The third kappa shape index (κ3) is 3.63. The molecule has 1 unspecified atom stereocenters. The molecule has 0 aromatic carbocycles. The second-order valence-electron chi connectivity index (χ2n) is 3.68. The maximum absolute atomic E-state index is 11.0. The van der Waals surface area contributed by atoms with Crippen molar-refractivity contribution in [3.63, 3.8) is 0 Å². The molecule has 0 aliphatic rings. The molecular formula is C7H15NO6S. The summed E-state index contributed by atoms with van der Waals surface area (Å²) in [7, 11) is -4.40. The van der Waals surface area contributed by atoms with Gasteiger partial charge < -0.3 is 4.84 Å². The van der Waals surface area contributed by atoms with Crippen molar-refractivity contribution in [1.29, 1.82) is 0 Å². The third-order valence-corrected chi connectivity index (χ3v) is 3.80. The second kappa shape index (κ2) is 4.75. The standard InChI is InChI=1S/C7H15NO6S/c1-4-5-6(14-8(9)10)7(2,3)15(11,12)13/h6H,4-5H2,1-3H3,(H,11,12,13). The van der Waals surface area contributed by atoms with Gasteiger partial charge >= 0.3 is 0 Å². The minimum Gasteiger partial charge on any atom is -0.309 e. The van der Waals surface area contributed by atoms with Gasteiger partial charge in [0.05, 0.1) is 0 Å². The van der Waals surface area contributed by atoms with E-state index < -0.39 is 26.1 Å². The van der Waals surface area contributed by atoms with Crippen molar-refractivity contribution in [3.8, 4) is 0 Å². The average molecular weight is 241 g/mol. The van der Waals surface area contributed by atoms with Crippen molar-refractivity contribution in [2.45, 2.75) is 44.5 Å². The molecule has 0 bridgehead atoms. The molecule has 0 saturated heterocycles. The van der Waals surface area contributed by atoms with Crippen LogP contribution in [-0.2, 0) is 15.0 Å². The Morgan fingerprint density at radius 2 is 2.00 bits per heavy atom. The van der Waals surface area contributed by atoms with Gasteiger partial charge in [-0.2, -0.15) is 8.42 Å². The van der Waals surface area contributed by atoms with E-state index in [0.717, 1.165) is 0 Å². The number of hydrogen-bond acceptors (Lipinski definition) is 5. The Morgan fingerprint density at radius 1 is 1.53 bits per heavy atom. The minimum atomic E-state index is -4.40. The molecule has 7 nitrogen and oxygen atoms in total. The summed E-state index contributed by atoms with van der Waals surface area (Å²) in [5.41, 5.74) is 0. The quantitative estimate of drug-likeness (QED) is 0.423. The molecule has 0 saturated carbocycles. The van der Waals surface area contributed by atoms with Crippen LogP contribution in [0.3, 0.4) is 0 Å². The lowest BCUT2D eigenvalue weighted by Crippen LogP contribution is -2.46. The Labute approximate surface area is 88.3 Å². The molecular weight excluding hydrogens is 226 g/mol. The maximum Gasteiger partial charge on any atom is 0.294 e. The lowest BCUT2D eigenvalue weighted by atomic mass is 10.0. The van der Waals surface area contributed by atoms with Crippen LogP contribution < -0.4 is 0 Å². The molecule has 0 aliphatic heterocycles. The highest BCUT2D eigenvalue weighted by Crippen LogP contribution is 2.25. The predicted octanol–water partition coefficient (Wildman–Crippen LogP) is 1.03. The molecule has 90 valence electrons. The zero-order chi connectivity index (χ0) is 12.3. The van der Waals surface area contributed by atoms with Crippen LogP contribution >= 0.6 is 0 Å². The van der Waals surface area contributed by atoms with Crippen molar-refractivity contribution < 1.29 is 22.9 Å². The van der Waals surface area contributed by atoms with Crippen LogP contribution in [0.5, 0.6) is 0 Å². The average Bonchev–Trinajstić information content (AvgIpc) is 2.00. The van der Waals surface area contributed by atoms with Gasteiger partial charge in [-0.25, -0.2) is 0 Å². The van der Waals surface area contributed by atoms with Gasteiger partial charge in [0.25, 0.3) is 15.2 Å². The molecule has 0 spiro atoms. The normalized spacial score (nSPS) is 14.7. The first-order valence-electron chi connectivity index (χ1n) is 4.41. The fraction of sp³-hybridized carbons (Fsp3) is 1.00. The van der Waals surface area contributed by atoms with Crippen molar-refractivity contribution in [2.75, 3.05) is 0 Å². The SMILES string of the molecule is CCCC(O[N+](=O)[O-])C(C)(C)S(=O)(=O)O. The molecule has 0 aromatic heterocycles. The van der Waals surface area contributed by atoms with Gasteiger partial charge in [-0.15, -0.1) is 10.1 Å². The first-order chi connectivity index (χ1) is 6.63. The Morgan fingerprint density at radius 3 is 2.27 bits per heavy atom.